The molecular formula is C23H20ClN5O. The van der Waals surface area contributed by atoms with Gasteiger partial charge in [-0.1, -0.05) is 29.8 Å². The first kappa shape index (κ1) is 18.9. The Hall–Kier alpha value is -3.09. The van der Waals surface area contributed by atoms with Crippen molar-refractivity contribution in [1.29, 1.82) is 0 Å². The molecule has 0 atom stereocenters. The van der Waals surface area contributed by atoms with Crippen LogP contribution in [0.4, 0.5) is 0 Å². The molecule has 30 heavy (non-hydrogen) atoms. The summed E-state index contributed by atoms with van der Waals surface area (Å²) in [5.74, 6) is 0.693. The second-order valence-electron chi connectivity index (χ2n) is 7.48. The van der Waals surface area contributed by atoms with Gasteiger partial charge in [-0.3, -0.25) is 19.7 Å². The summed E-state index contributed by atoms with van der Waals surface area (Å²) in [7, 11) is 0. The van der Waals surface area contributed by atoms with Crippen LogP contribution in [0.1, 0.15) is 17.8 Å². The maximum absolute atomic E-state index is 12.3. The van der Waals surface area contributed by atoms with Crippen molar-refractivity contribution >= 4 is 39.2 Å². The first-order valence-corrected chi connectivity index (χ1v) is 10.3. The van der Waals surface area contributed by atoms with Gasteiger partial charge in [0.1, 0.15) is 5.82 Å². The van der Waals surface area contributed by atoms with Gasteiger partial charge in [-0.15, -0.1) is 0 Å². The fourth-order valence-electron chi connectivity index (χ4n) is 4.14. The number of rotatable bonds is 3. The Morgan fingerprint density at radius 3 is 2.83 bits per heavy atom. The molecule has 7 heteroatoms. The van der Waals surface area contributed by atoms with Crippen molar-refractivity contribution in [2.45, 2.75) is 19.9 Å². The summed E-state index contributed by atoms with van der Waals surface area (Å²) in [6.07, 6.45) is 6.54. The smallest absolute Gasteiger partial charge is 0.280 e. The highest BCUT2D eigenvalue weighted by Gasteiger charge is 2.18. The summed E-state index contributed by atoms with van der Waals surface area (Å²) in [5, 5.41) is 1.09. The Morgan fingerprint density at radius 2 is 2.00 bits per heavy atom. The number of halogens is 1. The van der Waals surface area contributed by atoms with Gasteiger partial charge in [0, 0.05) is 49.2 Å². The van der Waals surface area contributed by atoms with Crippen molar-refractivity contribution in [2.75, 3.05) is 13.1 Å². The van der Waals surface area contributed by atoms with Crippen molar-refractivity contribution in [3.8, 4) is 0 Å². The number of aryl methyl sites for hydroxylation is 1. The van der Waals surface area contributed by atoms with Crippen LogP contribution in [0.2, 0.25) is 5.02 Å². The molecule has 3 heterocycles. The van der Waals surface area contributed by atoms with Crippen molar-refractivity contribution < 1.29 is 0 Å². The van der Waals surface area contributed by atoms with Gasteiger partial charge in [-0.2, -0.15) is 4.98 Å². The number of aromatic nitrogens is 4. The van der Waals surface area contributed by atoms with E-state index < -0.39 is 0 Å². The summed E-state index contributed by atoms with van der Waals surface area (Å²) < 4.78 is 2.08. The van der Waals surface area contributed by atoms with Gasteiger partial charge in [0.25, 0.3) is 5.56 Å². The number of hydrogen-bond acceptors (Lipinski definition) is 5. The molecule has 0 radical (unpaired) electrons. The third-order valence-corrected chi connectivity index (χ3v) is 5.78. The molecule has 0 saturated heterocycles. The van der Waals surface area contributed by atoms with Crippen molar-refractivity contribution in [2.24, 2.45) is 0 Å². The van der Waals surface area contributed by atoms with Crippen LogP contribution in [0.5, 0.6) is 0 Å². The second kappa shape index (κ2) is 7.63. The van der Waals surface area contributed by atoms with Gasteiger partial charge in [-0.05, 0) is 36.8 Å². The third-order valence-electron chi connectivity index (χ3n) is 5.55. The third kappa shape index (κ3) is 3.38. The van der Waals surface area contributed by atoms with Crippen LogP contribution in [-0.4, -0.2) is 37.5 Å². The summed E-state index contributed by atoms with van der Waals surface area (Å²) >= 11 is 6.10. The number of nitrogens with zero attached hydrogens (tertiary/aromatic N) is 5. The lowest BCUT2D eigenvalue weighted by Crippen LogP contribution is -2.30. The average Bonchev–Trinajstić information content (AvgIpc) is 2.76. The quantitative estimate of drug-likeness (QED) is 0.503. The first-order valence-electron chi connectivity index (χ1n) is 9.89. The summed E-state index contributed by atoms with van der Waals surface area (Å²) in [5.41, 5.74) is 4.82. The molecular weight excluding hydrogens is 398 g/mol. The van der Waals surface area contributed by atoms with E-state index in [2.05, 4.69) is 36.6 Å². The molecule has 150 valence electrons. The van der Waals surface area contributed by atoms with Crippen LogP contribution >= 0.6 is 11.6 Å². The monoisotopic (exact) mass is 417 g/mol. The Balaban J connectivity index is 1.45. The van der Waals surface area contributed by atoms with Gasteiger partial charge in [0.05, 0.1) is 21.9 Å². The van der Waals surface area contributed by atoms with Crippen LogP contribution in [0, 0.1) is 6.92 Å². The lowest BCUT2D eigenvalue weighted by atomic mass is 10.1. The van der Waals surface area contributed by atoms with Gasteiger partial charge < -0.3 is 4.57 Å². The van der Waals surface area contributed by atoms with Crippen LogP contribution in [0.3, 0.4) is 0 Å². The zero-order chi connectivity index (χ0) is 20.7. The largest absolute Gasteiger partial charge is 0.302 e. The number of fused-ring (bicyclic) bond motifs is 2. The maximum Gasteiger partial charge on any atom is 0.280 e. The van der Waals surface area contributed by atoms with E-state index in [1.807, 2.05) is 31.2 Å². The minimum Gasteiger partial charge on any atom is -0.302 e. The van der Waals surface area contributed by atoms with Gasteiger partial charge >= 0.3 is 0 Å². The fraction of sp³-hybridized carbons (Fsp3) is 0.217. The van der Waals surface area contributed by atoms with E-state index in [0.717, 1.165) is 48.3 Å². The van der Waals surface area contributed by atoms with Crippen LogP contribution in [0.15, 0.2) is 59.7 Å². The maximum atomic E-state index is 12.3. The molecule has 1 aliphatic rings. The highest BCUT2D eigenvalue weighted by Crippen LogP contribution is 2.25. The van der Waals surface area contributed by atoms with E-state index in [4.69, 9.17) is 11.6 Å². The van der Waals surface area contributed by atoms with Crippen LogP contribution < -0.4 is 5.56 Å². The predicted molar refractivity (Wildman–Crippen MR) is 119 cm³/mol. The minimum atomic E-state index is -0.239. The van der Waals surface area contributed by atoms with E-state index in [9.17, 15) is 4.79 Å². The predicted octanol–water partition coefficient (Wildman–Crippen LogP) is 4.05. The molecule has 0 unspecified atom stereocenters. The first-order chi connectivity index (χ1) is 14.6. The Labute approximate surface area is 178 Å². The van der Waals surface area contributed by atoms with Crippen molar-refractivity contribution in [1.82, 2.24) is 24.4 Å². The molecule has 1 aliphatic heterocycles. The number of benzene rings is 2. The molecule has 0 aliphatic carbocycles. The average molecular weight is 418 g/mol. The van der Waals surface area contributed by atoms with Crippen molar-refractivity contribution in [3.63, 3.8) is 0 Å². The standard InChI is InChI=1S/C23H20ClN5O/c1-15-27-23(30)19-13-17(24)5-6-21(19)29(15)18-7-11-28(12-8-18)14-16-3-2-4-20-22(16)26-10-9-25-20/h2-7,9-10,13H,8,11-12,14H2,1H3. The molecule has 0 bridgehead atoms. The topological polar surface area (TPSA) is 63.9 Å². The molecule has 6 nitrogen and oxygen atoms in total. The Morgan fingerprint density at radius 1 is 1.13 bits per heavy atom. The molecule has 4 aromatic rings. The zero-order valence-electron chi connectivity index (χ0n) is 16.5. The molecule has 2 aromatic carbocycles. The molecule has 0 N–H and O–H groups in total. The van der Waals surface area contributed by atoms with Crippen LogP contribution in [-0.2, 0) is 6.54 Å². The van der Waals surface area contributed by atoms with E-state index >= 15 is 0 Å². The molecule has 2 aromatic heterocycles. The second-order valence-corrected chi connectivity index (χ2v) is 7.92. The van der Waals surface area contributed by atoms with E-state index in [0.29, 0.717) is 16.2 Å². The summed E-state index contributed by atoms with van der Waals surface area (Å²) in [4.78, 5) is 27.8. The van der Waals surface area contributed by atoms with E-state index in [-0.39, 0.29) is 5.56 Å². The lowest BCUT2D eigenvalue weighted by molar-refractivity contribution is 0.292. The van der Waals surface area contributed by atoms with Crippen molar-refractivity contribution in [3.05, 3.63) is 81.6 Å². The van der Waals surface area contributed by atoms with E-state index in [1.165, 1.54) is 5.56 Å². The Bertz CT molecular complexity index is 1360. The molecule has 0 fully saturated rings. The summed E-state index contributed by atoms with van der Waals surface area (Å²) in [6, 6.07) is 11.5. The van der Waals surface area contributed by atoms with Gasteiger partial charge in [-0.25, -0.2) is 0 Å². The Kier molecular flexibility index (Phi) is 4.81. The molecule has 5 rings (SSSR count). The van der Waals surface area contributed by atoms with Gasteiger partial charge in [0.2, 0.25) is 0 Å². The minimum absolute atomic E-state index is 0.239. The highest BCUT2D eigenvalue weighted by molar-refractivity contribution is 6.31. The lowest BCUT2D eigenvalue weighted by Gasteiger charge is -2.28. The molecule has 0 amide bonds. The molecule has 0 saturated carbocycles. The number of para-hydroxylation sites is 1. The highest BCUT2D eigenvalue weighted by atomic mass is 35.5. The zero-order valence-corrected chi connectivity index (χ0v) is 17.3. The van der Waals surface area contributed by atoms with Gasteiger partial charge in [0.15, 0.2) is 0 Å². The number of hydrogen-bond donors (Lipinski definition) is 0. The molecule has 0 spiro atoms. The normalized spacial score (nSPS) is 14.9. The SMILES string of the molecule is Cc1nc(=O)c2cc(Cl)ccc2n1C1=CCN(Cc2cccc3nccnc23)CC1. The summed E-state index contributed by atoms with van der Waals surface area (Å²) in [6.45, 7) is 4.41. The fourth-order valence-corrected chi connectivity index (χ4v) is 4.31. The van der Waals surface area contributed by atoms with Crippen LogP contribution in [0.25, 0.3) is 27.6 Å². The van der Waals surface area contributed by atoms with E-state index in [1.54, 1.807) is 18.5 Å².